The normalized spacial score (nSPS) is 20.8. The van der Waals surface area contributed by atoms with E-state index in [-0.39, 0.29) is 5.60 Å². The topological polar surface area (TPSA) is 12.5 Å². The van der Waals surface area contributed by atoms with Crippen LogP contribution in [0, 0.1) is 0 Å². The summed E-state index contributed by atoms with van der Waals surface area (Å²) < 4.78 is 5.66. The molecule has 0 bridgehead atoms. The van der Waals surface area contributed by atoms with Gasteiger partial charge >= 0.3 is 0 Å². The van der Waals surface area contributed by atoms with Gasteiger partial charge in [0, 0.05) is 20.2 Å². The van der Waals surface area contributed by atoms with Gasteiger partial charge in [0.25, 0.3) is 0 Å². The van der Waals surface area contributed by atoms with Crippen molar-refractivity contribution in [1.82, 2.24) is 4.90 Å². The van der Waals surface area contributed by atoms with Crippen LogP contribution >= 0.6 is 0 Å². The Bertz CT molecular complexity index is 147. The van der Waals surface area contributed by atoms with Gasteiger partial charge in [-0.2, -0.15) is 0 Å². The molecule has 0 radical (unpaired) electrons. The first-order valence-corrected chi connectivity index (χ1v) is 6.04. The minimum atomic E-state index is 0.213. The van der Waals surface area contributed by atoms with Crippen molar-refractivity contribution < 1.29 is 4.74 Å². The molecule has 1 heterocycles. The van der Waals surface area contributed by atoms with E-state index < -0.39 is 0 Å². The molecule has 0 spiro atoms. The van der Waals surface area contributed by atoms with Crippen LogP contribution in [0.5, 0.6) is 0 Å². The fraction of sp³-hybridized carbons (Fsp3) is 1.00. The molecule has 0 aromatic rings. The lowest BCUT2D eigenvalue weighted by atomic mass is 9.87. The van der Waals surface area contributed by atoms with Crippen LogP contribution in [-0.2, 0) is 4.74 Å². The quantitative estimate of drug-likeness (QED) is 0.584. The standard InChI is InChI=1S/C12H25NO/c1-4-6-7-8-12(14-3)10-13(11-12)9-5-2/h4-11H2,1-3H3. The monoisotopic (exact) mass is 199 g/mol. The van der Waals surface area contributed by atoms with E-state index >= 15 is 0 Å². The minimum absolute atomic E-state index is 0.213. The lowest BCUT2D eigenvalue weighted by molar-refractivity contribution is -0.129. The summed E-state index contributed by atoms with van der Waals surface area (Å²) in [6.45, 7) is 8.04. The SMILES string of the molecule is CCCCCC1(OC)CN(CCC)C1. The van der Waals surface area contributed by atoms with Crippen molar-refractivity contribution in [3.8, 4) is 0 Å². The first-order chi connectivity index (χ1) is 6.76. The molecule has 0 saturated carbocycles. The minimum Gasteiger partial charge on any atom is -0.376 e. The number of hydrogen-bond acceptors (Lipinski definition) is 2. The largest absolute Gasteiger partial charge is 0.376 e. The van der Waals surface area contributed by atoms with Crippen molar-refractivity contribution in [1.29, 1.82) is 0 Å². The molecule has 1 saturated heterocycles. The van der Waals surface area contributed by atoms with E-state index in [9.17, 15) is 0 Å². The van der Waals surface area contributed by atoms with Crippen LogP contribution < -0.4 is 0 Å². The van der Waals surface area contributed by atoms with Crippen LogP contribution in [0.1, 0.15) is 46.0 Å². The highest BCUT2D eigenvalue weighted by molar-refractivity contribution is 4.96. The highest BCUT2D eigenvalue weighted by atomic mass is 16.5. The fourth-order valence-electron chi connectivity index (χ4n) is 2.33. The summed E-state index contributed by atoms with van der Waals surface area (Å²) in [4.78, 5) is 2.50. The van der Waals surface area contributed by atoms with Crippen LogP contribution in [0.25, 0.3) is 0 Å². The van der Waals surface area contributed by atoms with Crippen LogP contribution in [0.3, 0.4) is 0 Å². The van der Waals surface area contributed by atoms with Crippen LogP contribution in [0.15, 0.2) is 0 Å². The molecule has 14 heavy (non-hydrogen) atoms. The van der Waals surface area contributed by atoms with E-state index in [0.717, 1.165) is 13.1 Å². The van der Waals surface area contributed by atoms with E-state index in [4.69, 9.17) is 4.74 Å². The van der Waals surface area contributed by atoms with E-state index in [0.29, 0.717) is 0 Å². The molecule has 1 fully saturated rings. The van der Waals surface area contributed by atoms with E-state index in [1.54, 1.807) is 0 Å². The zero-order valence-electron chi connectivity index (χ0n) is 10.0. The first-order valence-electron chi connectivity index (χ1n) is 6.04. The Labute approximate surface area is 88.6 Å². The van der Waals surface area contributed by atoms with Crippen molar-refractivity contribution in [2.75, 3.05) is 26.7 Å². The third-order valence-corrected chi connectivity index (χ3v) is 3.23. The Morgan fingerprint density at radius 2 is 1.86 bits per heavy atom. The Morgan fingerprint density at radius 3 is 2.36 bits per heavy atom. The van der Waals surface area contributed by atoms with Crippen LogP contribution in [0.4, 0.5) is 0 Å². The molecule has 0 aromatic heterocycles. The van der Waals surface area contributed by atoms with E-state index in [1.807, 2.05) is 7.11 Å². The summed E-state index contributed by atoms with van der Waals surface area (Å²) >= 11 is 0. The summed E-state index contributed by atoms with van der Waals surface area (Å²) in [7, 11) is 1.87. The van der Waals surface area contributed by atoms with Crippen LogP contribution in [-0.4, -0.2) is 37.2 Å². The second kappa shape index (κ2) is 5.72. The maximum Gasteiger partial charge on any atom is 0.0931 e. The molecule has 0 N–H and O–H groups in total. The summed E-state index contributed by atoms with van der Waals surface area (Å²) in [6, 6.07) is 0. The molecule has 0 amide bonds. The molecule has 0 aromatic carbocycles. The zero-order valence-corrected chi connectivity index (χ0v) is 10.0. The van der Waals surface area contributed by atoms with E-state index in [1.165, 1.54) is 38.6 Å². The van der Waals surface area contributed by atoms with Gasteiger partial charge in [-0.3, -0.25) is 4.90 Å². The highest BCUT2D eigenvalue weighted by Crippen LogP contribution is 2.30. The van der Waals surface area contributed by atoms with Gasteiger partial charge in [-0.25, -0.2) is 0 Å². The van der Waals surface area contributed by atoms with Crippen molar-refractivity contribution in [2.24, 2.45) is 0 Å². The van der Waals surface area contributed by atoms with Crippen LogP contribution in [0.2, 0.25) is 0 Å². The Morgan fingerprint density at radius 1 is 1.14 bits per heavy atom. The predicted octanol–water partition coefficient (Wildman–Crippen LogP) is 2.68. The van der Waals surface area contributed by atoms with Crippen molar-refractivity contribution in [2.45, 2.75) is 51.6 Å². The van der Waals surface area contributed by atoms with Gasteiger partial charge in [0.1, 0.15) is 0 Å². The predicted molar refractivity (Wildman–Crippen MR) is 60.6 cm³/mol. The number of rotatable bonds is 7. The van der Waals surface area contributed by atoms with Gasteiger partial charge in [0.15, 0.2) is 0 Å². The first kappa shape index (κ1) is 12.0. The summed E-state index contributed by atoms with van der Waals surface area (Å²) in [5.41, 5.74) is 0.213. The Hall–Kier alpha value is -0.0800. The Balaban J connectivity index is 2.19. The molecule has 1 rings (SSSR count). The van der Waals surface area contributed by atoms with Crippen molar-refractivity contribution in [3.63, 3.8) is 0 Å². The maximum atomic E-state index is 5.66. The third-order valence-electron chi connectivity index (χ3n) is 3.23. The van der Waals surface area contributed by atoms with Crippen molar-refractivity contribution >= 4 is 0 Å². The molecule has 2 heteroatoms. The number of methoxy groups -OCH3 is 1. The Kier molecular flexibility index (Phi) is 4.90. The molecule has 1 aliphatic rings. The number of ether oxygens (including phenoxy) is 1. The number of hydrogen-bond donors (Lipinski definition) is 0. The second-order valence-electron chi connectivity index (χ2n) is 4.55. The van der Waals surface area contributed by atoms with E-state index in [2.05, 4.69) is 18.7 Å². The molecule has 84 valence electrons. The van der Waals surface area contributed by atoms with Gasteiger partial charge in [-0.1, -0.05) is 33.1 Å². The lowest BCUT2D eigenvalue weighted by Crippen LogP contribution is -2.62. The zero-order chi connectivity index (χ0) is 10.4. The average Bonchev–Trinajstić information content (AvgIpc) is 2.14. The van der Waals surface area contributed by atoms with Gasteiger partial charge in [-0.15, -0.1) is 0 Å². The number of unbranched alkanes of at least 4 members (excludes halogenated alkanes) is 2. The maximum absolute atomic E-state index is 5.66. The summed E-state index contributed by atoms with van der Waals surface area (Å²) in [6.07, 6.45) is 6.48. The molecule has 0 atom stereocenters. The van der Waals surface area contributed by atoms with Gasteiger partial charge in [0.05, 0.1) is 5.60 Å². The average molecular weight is 199 g/mol. The molecule has 1 aliphatic heterocycles. The molecular weight excluding hydrogens is 174 g/mol. The molecule has 2 nitrogen and oxygen atoms in total. The third kappa shape index (κ3) is 2.96. The summed E-state index contributed by atoms with van der Waals surface area (Å²) in [5.74, 6) is 0. The van der Waals surface area contributed by atoms with Gasteiger partial charge < -0.3 is 4.74 Å². The van der Waals surface area contributed by atoms with Gasteiger partial charge in [-0.05, 0) is 19.4 Å². The molecular formula is C12H25NO. The second-order valence-corrected chi connectivity index (χ2v) is 4.55. The smallest absolute Gasteiger partial charge is 0.0931 e. The molecule has 0 aliphatic carbocycles. The molecule has 0 unspecified atom stereocenters. The van der Waals surface area contributed by atoms with Gasteiger partial charge in [0.2, 0.25) is 0 Å². The summed E-state index contributed by atoms with van der Waals surface area (Å²) in [5, 5.41) is 0. The lowest BCUT2D eigenvalue weighted by Gasteiger charge is -2.49. The number of likely N-dealkylation sites (tertiary alicyclic amines) is 1. The number of nitrogens with zero attached hydrogens (tertiary/aromatic N) is 1. The van der Waals surface area contributed by atoms with Crippen molar-refractivity contribution in [3.05, 3.63) is 0 Å². The fourth-order valence-corrected chi connectivity index (χ4v) is 2.33. The highest BCUT2D eigenvalue weighted by Gasteiger charge is 2.41.